The van der Waals surface area contributed by atoms with Crippen molar-refractivity contribution in [1.29, 1.82) is 0 Å². The van der Waals surface area contributed by atoms with E-state index in [1.807, 2.05) is 31.2 Å². The zero-order chi connectivity index (χ0) is 18.1. The van der Waals surface area contributed by atoms with Gasteiger partial charge in [0.1, 0.15) is 5.82 Å². The van der Waals surface area contributed by atoms with Crippen molar-refractivity contribution in [3.05, 3.63) is 77.2 Å². The van der Waals surface area contributed by atoms with E-state index < -0.39 is 5.41 Å². The van der Waals surface area contributed by atoms with Gasteiger partial charge in [0.25, 0.3) is 0 Å². The zero-order valence-electron chi connectivity index (χ0n) is 14.5. The lowest BCUT2D eigenvalue weighted by molar-refractivity contribution is -0.123. The van der Waals surface area contributed by atoms with E-state index in [0.29, 0.717) is 23.6 Å². The van der Waals surface area contributed by atoms with Crippen molar-refractivity contribution in [1.82, 2.24) is 10.5 Å². The Labute approximate surface area is 151 Å². The molecule has 1 aromatic heterocycles. The first-order valence-corrected chi connectivity index (χ1v) is 8.64. The second-order valence-corrected chi connectivity index (χ2v) is 6.81. The highest BCUT2D eigenvalue weighted by Crippen LogP contribution is 2.48. The van der Waals surface area contributed by atoms with Gasteiger partial charge >= 0.3 is 0 Å². The van der Waals surface area contributed by atoms with Crippen molar-refractivity contribution >= 4 is 5.91 Å². The molecule has 0 saturated heterocycles. The van der Waals surface area contributed by atoms with Gasteiger partial charge in [-0.05, 0) is 37.5 Å². The number of aryl methyl sites for hydroxylation is 1. The Hall–Kier alpha value is -2.95. The first kappa shape index (κ1) is 16.5. The summed E-state index contributed by atoms with van der Waals surface area (Å²) in [6.07, 6.45) is 1.44. The van der Waals surface area contributed by atoms with E-state index in [0.717, 1.165) is 18.4 Å². The van der Waals surface area contributed by atoms with E-state index in [4.69, 9.17) is 4.52 Å². The number of hydrogen-bond acceptors (Lipinski definition) is 3. The first-order chi connectivity index (χ1) is 12.6. The molecule has 5 heteroatoms. The van der Waals surface area contributed by atoms with Crippen LogP contribution in [0, 0.1) is 12.7 Å². The molecule has 132 valence electrons. The predicted octanol–water partition coefficient (Wildman–Crippen LogP) is 4.14. The maximum absolute atomic E-state index is 13.9. The van der Waals surface area contributed by atoms with Crippen LogP contribution in [0.4, 0.5) is 4.39 Å². The van der Waals surface area contributed by atoms with Gasteiger partial charge in [-0.1, -0.05) is 47.1 Å². The van der Waals surface area contributed by atoms with E-state index in [2.05, 4.69) is 10.5 Å². The van der Waals surface area contributed by atoms with Gasteiger partial charge in [-0.15, -0.1) is 0 Å². The summed E-state index contributed by atoms with van der Waals surface area (Å²) in [5, 5.41) is 7.04. The monoisotopic (exact) mass is 350 g/mol. The number of aromatic nitrogens is 1. The molecule has 1 aliphatic rings. The number of carbonyl (C=O) groups excluding carboxylic acids is 1. The van der Waals surface area contributed by atoms with E-state index >= 15 is 0 Å². The Bertz CT molecular complexity index is 943. The molecule has 0 spiro atoms. The fourth-order valence-corrected chi connectivity index (χ4v) is 3.07. The van der Waals surface area contributed by atoms with Crippen molar-refractivity contribution < 1.29 is 13.7 Å². The number of benzene rings is 2. The average molecular weight is 350 g/mol. The van der Waals surface area contributed by atoms with Crippen LogP contribution in [0.15, 0.2) is 59.1 Å². The van der Waals surface area contributed by atoms with Crippen molar-refractivity contribution in [3.63, 3.8) is 0 Å². The van der Waals surface area contributed by atoms with Gasteiger partial charge in [0, 0.05) is 12.6 Å². The van der Waals surface area contributed by atoms with Crippen LogP contribution < -0.4 is 5.32 Å². The van der Waals surface area contributed by atoms with Crippen LogP contribution in [0.3, 0.4) is 0 Å². The third kappa shape index (κ3) is 3.01. The predicted molar refractivity (Wildman–Crippen MR) is 95.8 cm³/mol. The summed E-state index contributed by atoms with van der Waals surface area (Å²) in [5.41, 5.74) is 2.49. The lowest BCUT2D eigenvalue weighted by Crippen LogP contribution is -2.34. The number of amides is 1. The Balaban J connectivity index is 1.49. The molecule has 0 bridgehead atoms. The topological polar surface area (TPSA) is 55.1 Å². The molecule has 1 N–H and O–H groups in total. The standard InChI is InChI=1S/C21H19FN2O2/c1-14-6-8-15(9-7-14)13-23-20(25)21(10-11-21)19-12-18(26-24-19)16-4-2-3-5-17(16)22/h2-9,12H,10-11,13H2,1H3,(H,23,25). The molecule has 0 unspecified atom stereocenters. The summed E-state index contributed by atoms with van der Waals surface area (Å²) in [4.78, 5) is 12.7. The molecule has 4 rings (SSSR count). The normalized spacial score (nSPS) is 14.8. The lowest BCUT2D eigenvalue weighted by atomic mass is 10.00. The van der Waals surface area contributed by atoms with Gasteiger partial charge < -0.3 is 9.84 Å². The van der Waals surface area contributed by atoms with E-state index in [9.17, 15) is 9.18 Å². The van der Waals surface area contributed by atoms with Gasteiger partial charge in [0.15, 0.2) is 5.76 Å². The third-order valence-electron chi connectivity index (χ3n) is 4.90. The fraction of sp³-hybridized carbons (Fsp3) is 0.238. The lowest BCUT2D eigenvalue weighted by Gasteiger charge is -2.12. The quantitative estimate of drug-likeness (QED) is 0.752. The maximum Gasteiger partial charge on any atom is 0.232 e. The van der Waals surface area contributed by atoms with E-state index in [-0.39, 0.29) is 11.7 Å². The fourth-order valence-electron chi connectivity index (χ4n) is 3.07. The van der Waals surface area contributed by atoms with Crippen molar-refractivity contribution in [3.8, 4) is 11.3 Å². The largest absolute Gasteiger partial charge is 0.356 e. The molecular weight excluding hydrogens is 331 g/mol. The second-order valence-electron chi connectivity index (χ2n) is 6.81. The first-order valence-electron chi connectivity index (χ1n) is 8.64. The van der Waals surface area contributed by atoms with Crippen LogP contribution in [0.25, 0.3) is 11.3 Å². The van der Waals surface area contributed by atoms with Crippen molar-refractivity contribution in [2.45, 2.75) is 31.7 Å². The SMILES string of the molecule is Cc1ccc(CNC(=O)C2(c3cc(-c4ccccc4F)on3)CC2)cc1. The van der Waals surface area contributed by atoms with Gasteiger partial charge in [-0.25, -0.2) is 4.39 Å². The number of halogens is 1. The molecular formula is C21H19FN2O2. The highest BCUT2D eigenvalue weighted by Gasteiger charge is 2.53. The van der Waals surface area contributed by atoms with Crippen LogP contribution in [0.5, 0.6) is 0 Å². The third-order valence-corrected chi connectivity index (χ3v) is 4.90. The Morgan fingerprint density at radius 1 is 1.19 bits per heavy atom. The molecule has 3 aromatic rings. The van der Waals surface area contributed by atoms with Crippen LogP contribution in [0.2, 0.25) is 0 Å². The van der Waals surface area contributed by atoms with Gasteiger partial charge in [-0.3, -0.25) is 4.79 Å². The summed E-state index contributed by atoms with van der Waals surface area (Å²) < 4.78 is 19.2. The number of hydrogen-bond donors (Lipinski definition) is 1. The molecule has 1 saturated carbocycles. The number of nitrogens with zero attached hydrogens (tertiary/aromatic N) is 1. The molecule has 0 atom stereocenters. The van der Waals surface area contributed by atoms with E-state index in [1.54, 1.807) is 24.3 Å². The Morgan fingerprint density at radius 2 is 1.92 bits per heavy atom. The van der Waals surface area contributed by atoms with Gasteiger partial charge in [0.2, 0.25) is 5.91 Å². The summed E-state index contributed by atoms with van der Waals surface area (Å²) in [7, 11) is 0. The van der Waals surface area contributed by atoms with E-state index in [1.165, 1.54) is 11.6 Å². The number of carbonyl (C=O) groups is 1. The number of rotatable bonds is 5. The molecule has 1 amide bonds. The highest BCUT2D eigenvalue weighted by molar-refractivity contribution is 5.91. The molecule has 0 radical (unpaired) electrons. The van der Waals surface area contributed by atoms with Crippen molar-refractivity contribution in [2.24, 2.45) is 0 Å². The molecule has 4 nitrogen and oxygen atoms in total. The zero-order valence-corrected chi connectivity index (χ0v) is 14.5. The minimum Gasteiger partial charge on any atom is -0.356 e. The minimum atomic E-state index is -0.655. The molecule has 1 heterocycles. The molecule has 0 aliphatic heterocycles. The maximum atomic E-state index is 13.9. The molecule has 2 aromatic carbocycles. The number of nitrogens with one attached hydrogen (secondary N) is 1. The molecule has 1 aliphatic carbocycles. The summed E-state index contributed by atoms with van der Waals surface area (Å²) >= 11 is 0. The van der Waals surface area contributed by atoms with Crippen LogP contribution in [-0.2, 0) is 16.8 Å². The molecule has 26 heavy (non-hydrogen) atoms. The second kappa shape index (κ2) is 6.41. The van der Waals surface area contributed by atoms with Crippen LogP contribution in [-0.4, -0.2) is 11.1 Å². The summed E-state index contributed by atoms with van der Waals surface area (Å²) in [6, 6.07) is 16.1. The average Bonchev–Trinajstić information content (AvgIpc) is 3.32. The molecule has 1 fully saturated rings. The van der Waals surface area contributed by atoms with Crippen molar-refractivity contribution in [2.75, 3.05) is 0 Å². The Kier molecular flexibility index (Phi) is 4.07. The Morgan fingerprint density at radius 3 is 2.62 bits per heavy atom. The van der Waals surface area contributed by atoms with Gasteiger partial charge in [-0.2, -0.15) is 0 Å². The smallest absolute Gasteiger partial charge is 0.232 e. The summed E-state index contributed by atoms with van der Waals surface area (Å²) in [6.45, 7) is 2.50. The van der Waals surface area contributed by atoms with Crippen LogP contribution >= 0.6 is 0 Å². The van der Waals surface area contributed by atoms with Crippen LogP contribution in [0.1, 0.15) is 29.7 Å². The minimum absolute atomic E-state index is 0.0635. The van der Waals surface area contributed by atoms with Gasteiger partial charge in [0.05, 0.1) is 16.7 Å². The summed E-state index contributed by atoms with van der Waals surface area (Å²) in [5.74, 6) is -0.0916. The highest BCUT2D eigenvalue weighted by atomic mass is 19.1.